The van der Waals surface area contributed by atoms with Crippen molar-refractivity contribution in [3.05, 3.63) is 53.6 Å². The van der Waals surface area contributed by atoms with Gasteiger partial charge < -0.3 is 25.0 Å². The Hall–Kier alpha value is -3.31. The van der Waals surface area contributed by atoms with Crippen LogP contribution in [0, 0.1) is 12.8 Å². The number of hydrogen-bond donors (Lipinski definition) is 3. The number of sulfonamides is 1. The Morgan fingerprint density at radius 3 is 2.49 bits per heavy atom. The zero-order chi connectivity index (χ0) is 29.7. The highest BCUT2D eigenvalue weighted by Crippen LogP contribution is 2.36. The molecule has 0 bridgehead atoms. The lowest BCUT2D eigenvalue weighted by atomic mass is 9.96. The quantitative estimate of drug-likeness (QED) is 0.429. The molecule has 4 rings (SSSR count). The molecule has 1 fully saturated rings. The van der Waals surface area contributed by atoms with Crippen LogP contribution in [0.15, 0.2) is 47.4 Å². The number of amides is 3. The van der Waals surface area contributed by atoms with Gasteiger partial charge in [-0.05, 0) is 51.0 Å². The fourth-order valence-corrected chi connectivity index (χ4v) is 6.41. The van der Waals surface area contributed by atoms with Crippen LogP contribution in [-0.4, -0.2) is 80.2 Å². The summed E-state index contributed by atoms with van der Waals surface area (Å²) in [7, 11) is -2.28. The second-order valence-corrected chi connectivity index (χ2v) is 13.1. The minimum atomic E-state index is -3.99. The van der Waals surface area contributed by atoms with E-state index in [2.05, 4.69) is 10.0 Å². The number of likely N-dealkylation sites (N-methyl/N-ethyl adjacent to an activating group) is 1. The zero-order valence-electron chi connectivity index (χ0n) is 24.3. The van der Waals surface area contributed by atoms with Crippen LogP contribution in [0.2, 0.25) is 0 Å². The topological polar surface area (TPSA) is 128 Å². The Bertz CT molecular complexity index is 1330. The van der Waals surface area contributed by atoms with Crippen molar-refractivity contribution < 1.29 is 27.9 Å². The zero-order valence-corrected chi connectivity index (χ0v) is 25.1. The number of carbonyl (C=O) groups excluding carboxylic acids is 2. The number of anilines is 1. The van der Waals surface area contributed by atoms with Crippen LogP contribution in [-0.2, 0) is 10.0 Å². The lowest BCUT2D eigenvalue weighted by Crippen LogP contribution is -2.52. The predicted octanol–water partition coefficient (Wildman–Crippen LogP) is 3.99. The van der Waals surface area contributed by atoms with Crippen LogP contribution in [0.5, 0.6) is 5.75 Å². The normalized spacial score (nSPS) is 20.7. The number of nitrogens with zero attached hydrogens (tertiary/aromatic N) is 2. The lowest BCUT2D eigenvalue weighted by Gasteiger charge is -2.38. The monoisotopic (exact) mass is 586 g/mol. The molecule has 41 heavy (non-hydrogen) atoms. The minimum Gasteiger partial charge on any atom is -0.485 e. The highest BCUT2D eigenvalue weighted by molar-refractivity contribution is 7.92. The van der Waals surface area contributed by atoms with Crippen molar-refractivity contribution in [1.82, 2.24) is 15.1 Å². The van der Waals surface area contributed by atoms with Gasteiger partial charge in [-0.15, -0.1) is 0 Å². The molecule has 0 unspecified atom stereocenters. The summed E-state index contributed by atoms with van der Waals surface area (Å²) in [6.07, 6.45) is 4.74. The first-order valence-corrected chi connectivity index (χ1v) is 15.8. The number of aliphatic hydroxyl groups is 1. The highest BCUT2D eigenvalue weighted by Gasteiger charge is 2.35. The Kier molecular flexibility index (Phi) is 9.80. The molecule has 224 valence electrons. The van der Waals surface area contributed by atoms with E-state index in [1.165, 1.54) is 18.6 Å². The second-order valence-electron chi connectivity index (χ2n) is 11.4. The van der Waals surface area contributed by atoms with Crippen molar-refractivity contribution in [2.45, 2.75) is 76.0 Å². The number of para-hydroxylation sites is 1. The smallest absolute Gasteiger partial charge is 0.317 e. The van der Waals surface area contributed by atoms with E-state index in [4.69, 9.17) is 4.74 Å². The first-order valence-electron chi connectivity index (χ1n) is 14.3. The predicted molar refractivity (Wildman–Crippen MR) is 158 cm³/mol. The van der Waals surface area contributed by atoms with Gasteiger partial charge in [0.05, 0.1) is 35.3 Å². The van der Waals surface area contributed by atoms with E-state index in [0.717, 1.165) is 31.2 Å². The van der Waals surface area contributed by atoms with Crippen molar-refractivity contribution in [3.63, 3.8) is 0 Å². The number of carbonyl (C=O) groups is 2. The standard InChI is InChI=1S/C30H42N4O6S/c1-20-13-15-24(16-14-20)41(38,39)32-26-12-8-11-25-28(26)40-27(21(2)17-34(29(25)36)22(3)19-35)18-33(4)30(37)31-23-9-6-5-7-10-23/h8,11-16,21-23,27,32,35H,5-7,9-10,17-19H2,1-4H3,(H,31,37)/t21-,22-,27+/m1/s1. The summed E-state index contributed by atoms with van der Waals surface area (Å²) < 4.78 is 35.7. The Labute approximate surface area is 243 Å². The third-order valence-electron chi connectivity index (χ3n) is 8.00. The number of hydrogen-bond acceptors (Lipinski definition) is 6. The van der Waals surface area contributed by atoms with E-state index < -0.39 is 22.2 Å². The minimum absolute atomic E-state index is 0.0810. The van der Waals surface area contributed by atoms with Gasteiger partial charge in [0.25, 0.3) is 15.9 Å². The average Bonchev–Trinajstić information content (AvgIpc) is 2.95. The third-order valence-corrected chi connectivity index (χ3v) is 9.38. The van der Waals surface area contributed by atoms with E-state index in [1.54, 1.807) is 54.1 Å². The number of aryl methyl sites for hydroxylation is 1. The molecule has 1 aliphatic heterocycles. The van der Waals surface area contributed by atoms with Crippen molar-refractivity contribution in [1.29, 1.82) is 0 Å². The summed E-state index contributed by atoms with van der Waals surface area (Å²) in [5.74, 6) is -0.514. The highest BCUT2D eigenvalue weighted by atomic mass is 32.2. The Balaban J connectivity index is 1.66. The molecule has 0 radical (unpaired) electrons. The number of urea groups is 1. The molecule has 0 saturated heterocycles. The molecular formula is C30H42N4O6S. The maximum Gasteiger partial charge on any atom is 0.317 e. The van der Waals surface area contributed by atoms with Gasteiger partial charge in [-0.25, -0.2) is 13.2 Å². The first kappa shape index (κ1) is 30.6. The number of ether oxygens (including phenoxy) is 1. The Morgan fingerprint density at radius 1 is 1.15 bits per heavy atom. The van der Waals surface area contributed by atoms with Gasteiger partial charge in [-0.1, -0.05) is 49.9 Å². The van der Waals surface area contributed by atoms with E-state index in [9.17, 15) is 23.1 Å². The molecule has 2 aromatic rings. The van der Waals surface area contributed by atoms with Crippen molar-refractivity contribution in [2.75, 3.05) is 31.5 Å². The van der Waals surface area contributed by atoms with Gasteiger partial charge in [0.1, 0.15) is 6.10 Å². The summed E-state index contributed by atoms with van der Waals surface area (Å²) in [5, 5.41) is 13.0. The fourth-order valence-electron chi connectivity index (χ4n) is 5.35. The molecule has 2 aromatic carbocycles. The van der Waals surface area contributed by atoms with Crippen LogP contribution in [0.3, 0.4) is 0 Å². The molecule has 3 amide bonds. The van der Waals surface area contributed by atoms with Crippen LogP contribution in [0.4, 0.5) is 10.5 Å². The number of benzene rings is 2. The van der Waals surface area contributed by atoms with Gasteiger partial charge in [0.15, 0.2) is 5.75 Å². The Morgan fingerprint density at radius 2 is 1.83 bits per heavy atom. The summed E-state index contributed by atoms with van der Waals surface area (Å²) in [5.41, 5.74) is 1.23. The van der Waals surface area contributed by atoms with Crippen molar-refractivity contribution in [3.8, 4) is 5.75 Å². The van der Waals surface area contributed by atoms with Gasteiger partial charge >= 0.3 is 6.03 Å². The second kappa shape index (κ2) is 13.1. The van der Waals surface area contributed by atoms with Crippen LogP contribution in [0.25, 0.3) is 0 Å². The summed E-state index contributed by atoms with van der Waals surface area (Å²) in [4.78, 5) is 30.0. The summed E-state index contributed by atoms with van der Waals surface area (Å²) in [6.45, 7) is 5.83. The number of fused-ring (bicyclic) bond motifs is 1. The molecule has 1 heterocycles. The number of nitrogens with one attached hydrogen (secondary N) is 2. The van der Waals surface area contributed by atoms with Crippen LogP contribution in [0.1, 0.15) is 61.9 Å². The van der Waals surface area contributed by atoms with Gasteiger partial charge in [-0.2, -0.15) is 0 Å². The molecule has 1 aliphatic carbocycles. The van der Waals surface area contributed by atoms with E-state index in [0.29, 0.717) is 6.54 Å². The van der Waals surface area contributed by atoms with Gasteiger partial charge in [0.2, 0.25) is 0 Å². The molecule has 0 aromatic heterocycles. The third kappa shape index (κ3) is 7.32. The summed E-state index contributed by atoms with van der Waals surface area (Å²) >= 11 is 0. The van der Waals surface area contributed by atoms with E-state index in [-0.39, 0.29) is 58.9 Å². The summed E-state index contributed by atoms with van der Waals surface area (Å²) in [6, 6.07) is 10.7. The van der Waals surface area contributed by atoms with E-state index in [1.807, 2.05) is 13.8 Å². The number of rotatable bonds is 8. The molecule has 3 atom stereocenters. The van der Waals surface area contributed by atoms with Crippen molar-refractivity contribution >= 4 is 27.6 Å². The average molecular weight is 587 g/mol. The largest absolute Gasteiger partial charge is 0.485 e. The maximum atomic E-state index is 13.7. The van der Waals surface area contributed by atoms with E-state index >= 15 is 0 Å². The molecule has 11 heteroatoms. The van der Waals surface area contributed by atoms with Gasteiger partial charge in [-0.3, -0.25) is 9.52 Å². The lowest BCUT2D eigenvalue weighted by molar-refractivity contribution is 0.0368. The molecule has 10 nitrogen and oxygen atoms in total. The number of aliphatic hydroxyl groups excluding tert-OH is 1. The van der Waals surface area contributed by atoms with Crippen LogP contribution >= 0.6 is 0 Å². The molecule has 1 saturated carbocycles. The van der Waals surface area contributed by atoms with Crippen molar-refractivity contribution in [2.24, 2.45) is 5.92 Å². The SMILES string of the molecule is Cc1ccc(S(=O)(=O)Nc2cccc3c2O[C@@H](CN(C)C(=O)NC2CCCCC2)[C@H](C)CN([C@H](C)CO)C3=O)cc1. The molecule has 2 aliphatic rings. The van der Waals surface area contributed by atoms with Gasteiger partial charge in [0, 0.05) is 25.6 Å². The molecular weight excluding hydrogens is 544 g/mol. The fraction of sp³-hybridized carbons (Fsp3) is 0.533. The maximum absolute atomic E-state index is 13.7. The molecule has 3 N–H and O–H groups in total. The van der Waals surface area contributed by atoms with Crippen LogP contribution < -0.4 is 14.8 Å². The first-order chi connectivity index (χ1) is 19.5. The molecule has 0 spiro atoms.